The van der Waals surface area contributed by atoms with Gasteiger partial charge in [-0.05, 0) is 12.1 Å². The van der Waals surface area contributed by atoms with Gasteiger partial charge in [-0.15, -0.1) is 11.3 Å². The Balaban J connectivity index is 1.90. The average Bonchev–Trinajstić information content (AvgIpc) is 3.07. The molecule has 0 aromatic carbocycles. The van der Waals surface area contributed by atoms with Crippen molar-refractivity contribution >= 4 is 28.0 Å². The van der Waals surface area contributed by atoms with Gasteiger partial charge in [-0.2, -0.15) is 9.49 Å². The van der Waals surface area contributed by atoms with Crippen LogP contribution in [0.4, 0.5) is 4.39 Å². The summed E-state index contributed by atoms with van der Waals surface area (Å²) in [6.45, 7) is 0.407. The predicted octanol–water partition coefficient (Wildman–Crippen LogP) is 1.57. The fourth-order valence-electron chi connectivity index (χ4n) is 2.41. The molecule has 2 aromatic heterocycles. The molecule has 1 amide bonds. The Morgan fingerprint density at radius 2 is 2.33 bits per heavy atom. The summed E-state index contributed by atoms with van der Waals surface area (Å²) in [6, 6.07) is 2.51. The molecule has 112 valence electrons. The summed E-state index contributed by atoms with van der Waals surface area (Å²) < 4.78 is 26.6. The van der Waals surface area contributed by atoms with E-state index < -0.39 is 10.8 Å². The van der Waals surface area contributed by atoms with Gasteiger partial charge in [0.2, 0.25) is 0 Å². The second kappa shape index (κ2) is 5.69. The molecule has 1 aliphatic rings. The van der Waals surface area contributed by atoms with Crippen LogP contribution in [0.15, 0.2) is 24.5 Å². The molecular formula is C13H14FN3O2S2. The van der Waals surface area contributed by atoms with Crippen LogP contribution < -0.4 is 0 Å². The maximum atomic E-state index is 13.1. The third-order valence-electron chi connectivity index (χ3n) is 3.43. The second-order valence-corrected chi connectivity index (χ2v) is 7.53. The second-order valence-electron chi connectivity index (χ2n) is 4.88. The molecule has 2 aromatic rings. The van der Waals surface area contributed by atoms with Crippen LogP contribution in [0.25, 0.3) is 0 Å². The van der Waals surface area contributed by atoms with Crippen LogP contribution in [0.3, 0.4) is 0 Å². The number of thiophene rings is 1. The Morgan fingerprint density at radius 1 is 1.52 bits per heavy atom. The molecule has 0 N–H and O–H groups in total. The standard InChI is InChI=1S/C13H14FN3O2S2/c1-16-7-9(6-15-16)10-8-21(19)5-4-17(10)13(18)11-2-3-12(14)20-11/h2-3,6-7,10H,4-5,8H2,1H3. The summed E-state index contributed by atoms with van der Waals surface area (Å²) in [5, 5.41) is 3.73. The molecule has 8 heteroatoms. The Labute approximate surface area is 127 Å². The van der Waals surface area contributed by atoms with Crippen molar-refractivity contribution in [2.75, 3.05) is 18.1 Å². The highest BCUT2D eigenvalue weighted by Gasteiger charge is 2.33. The molecule has 0 aliphatic carbocycles. The fourth-order valence-corrected chi connectivity index (χ4v) is 4.39. The van der Waals surface area contributed by atoms with Crippen LogP contribution in [0, 0.1) is 5.13 Å². The largest absolute Gasteiger partial charge is 0.329 e. The van der Waals surface area contributed by atoms with Crippen molar-refractivity contribution in [3.8, 4) is 0 Å². The van der Waals surface area contributed by atoms with Crippen LogP contribution in [0.5, 0.6) is 0 Å². The molecule has 2 atom stereocenters. The highest BCUT2D eigenvalue weighted by Crippen LogP contribution is 2.28. The van der Waals surface area contributed by atoms with Gasteiger partial charge in [0.1, 0.15) is 0 Å². The Kier molecular flexibility index (Phi) is 3.90. The first-order chi connectivity index (χ1) is 10.0. The quantitative estimate of drug-likeness (QED) is 0.841. The number of nitrogens with zero attached hydrogens (tertiary/aromatic N) is 3. The number of amides is 1. The van der Waals surface area contributed by atoms with Crippen molar-refractivity contribution < 1.29 is 13.4 Å². The van der Waals surface area contributed by atoms with Crippen molar-refractivity contribution in [1.29, 1.82) is 0 Å². The summed E-state index contributed by atoms with van der Waals surface area (Å²) >= 11 is 0.838. The van der Waals surface area contributed by atoms with Gasteiger partial charge in [0.05, 0.1) is 17.1 Å². The zero-order valence-electron chi connectivity index (χ0n) is 11.4. The smallest absolute Gasteiger partial charge is 0.264 e. The van der Waals surface area contributed by atoms with Crippen LogP contribution in [0.2, 0.25) is 0 Å². The first-order valence-corrected chi connectivity index (χ1v) is 8.75. The van der Waals surface area contributed by atoms with Gasteiger partial charge in [0, 0.05) is 47.7 Å². The average molecular weight is 327 g/mol. The van der Waals surface area contributed by atoms with E-state index in [1.54, 1.807) is 22.8 Å². The van der Waals surface area contributed by atoms with E-state index in [1.807, 2.05) is 6.20 Å². The lowest BCUT2D eigenvalue weighted by Crippen LogP contribution is -2.44. The van der Waals surface area contributed by atoms with Gasteiger partial charge in [-0.3, -0.25) is 13.7 Å². The highest BCUT2D eigenvalue weighted by molar-refractivity contribution is 7.85. The SMILES string of the molecule is Cn1cc(C2CS(=O)CCN2C(=O)c2ccc(F)s2)cn1. The molecule has 2 unspecified atom stereocenters. The molecule has 5 nitrogen and oxygen atoms in total. The summed E-state index contributed by atoms with van der Waals surface area (Å²) in [5.41, 5.74) is 0.857. The molecule has 0 spiro atoms. The monoisotopic (exact) mass is 327 g/mol. The number of halogens is 1. The van der Waals surface area contributed by atoms with Gasteiger partial charge in [0.25, 0.3) is 5.91 Å². The number of carbonyl (C=O) groups is 1. The first-order valence-electron chi connectivity index (χ1n) is 6.44. The number of hydrogen-bond acceptors (Lipinski definition) is 4. The van der Waals surface area contributed by atoms with Crippen molar-refractivity contribution in [2.45, 2.75) is 6.04 Å². The van der Waals surface area contributed by atoms with E-state index in [2.05, 4.69) is 5.10 Å². The molecule has 3 heterocycles. The number of hydrogen-bond donors (Lipinski definition) is 0. The lowest BCUT2D eigenvalue weighted by atomic mass is 10.1. The third-order valence-corrected chi connectivity index (χ3v) is 5.62. The Hall–Kier alpha value is -1.54. The predicted molar refractivity (Wildman–Crippen MR) is 79.1 cm³/mol. The molecule has 3 rings (SSSR count). The lowest BCUT2D eigenvalue weighted by molar-refractivity contribution is 0.0704. The lowest BCUT2D eigenvalue weighted by Gasteiger charge is -2.34. The van der Waals surface area contributed by atoms with Gasteiger partial charge >= 0.3 is 0 Å². The third kappa shape index (κ3) is 2.91. The number of rotatable bonds is 2. The fraction of sp³-hybridized carbons (Fsp3) is 0.385. The van der Waals surface area contributed by atoms with Gasteiger partial charge in [-0.1, -0.05) is 0 Å². The minimum atomic E-state index is -0.952. The molecule has 0 bridgehead atoms. The summed E-state index contributed by atoms with van der Waals surface area (Å²) in [5.74, 6) is 0.635. The number of carbonyl (C=O) groups excluding carboxylic acids is 1. The Morgan fingerprint density at radius 3 is 2.95 bits per heavy atom. The Bertz CT molecular complexity index is 697. The zero-order chi connectivity index (χ0) is 15.0. The maximum absolute atomic E-state index is 13.1. The molecular weight excluding hydrogens is 313 g/mol. The summed E-state index contributed by atoms with van der Waals surface area (Å²) in [6.07, 6.45) is 3.50. The molecule has 0 saturated carbocycles. The molecule has 21 heavy (non-hydrogen) atoms. The van der Waals surface area contributed by atoms with E-state index in [9.17, 15) is 13.4 Å². The summed E-state index contributed by atoms with van der Waals surface area (Å²) in [7, 11) is 0.844. The van der Waals surface area contributed by atoms with Crippen molar-refractivity contribution in [3.63, 3.8) is 0 Å². The van der Waals surface area contributed by atoms with Crippen LogP contribution in [0.1, 0.15) is 21.3 Å². The van der Waals surface area contributed by atoms with Gasteiger partial charge in [0.15, 0.2) is 5.13 Å². The van der Waals surface area contributed by atoms with Crippen LogP contribution >= 0.6 is 11.3 Å². The molecule has 1 fully saturated rings. The topological polar surface area (TPSA) is 55.2 Å². The van der Waals surface area contributed by atoms with E-state index in [-0.39, 0.29) is 17.1 Å². The van der Waals surface area contributed by atoms with Crippen LogP contribution in [-0.4, -0.2) is 42.8 Å². The minimum Gasteiger partial charge on any atom is -0.329 e. The van der Waals surface area contributed by atoms with E-state index in [0.717, 1.165) is 16.9 Å². The molecule has 1 aliphatic heterocycles. The zero-order valence-corrected chi connectivity index (χ0v) is 13.0. The van der Waals surface area contributed by atoms with Crippen molar-refractivity contribution in [1.82, 2.24) is 14.7 Å². The maximum Gasteiger partial charge on any atom is 0.264 e. The van der Waals surface area contributed by atoms with Crippen molar-refractivity contribution in [2.24, 2.45) is 7.05 Å². The van der Waals surface area contributed by atoms with Crippen LogP contribution in [-0.2, 0) is 17.8 Å². The first kappa shape index (κ1) is 14.4. The van der Waals surface area contributed by atoms with E-state index in [1.165, 1.54) is 12.1 Å². The highest BCUT2D eigenvalue weighted by atomic mass is 32.2. The number of aromatic nitrogens is 2. The normalized spacial score (nSPS) is 22.5. The van der Waals surface area contributed by atoms with E-state index >= 15 is 0 Å². The molecule has 0 radical (unpaired) electrons. The van der Waals surface area contributed by atoms with Gasteiger partial charge in [-0.25, -0.2) is 0 Å². The molecule has 1 saturated heterocycles. The minimum absolute atomic E-state index is 0.213. The summed E-state index contributed by atoms with van der Waals surface area (Å²) in [4.78, 5) is 14.6. The van der Waals surface area contributed by atoms with Gasteiger partial charge < -0.3 is 4.90 Å². The van der Waals surface area contributed by atoms with Crippen molar-refractivity contribution in [3.05, 3.63) is 40.1 Å². The van der Waals surface area contributed by atoms with E-state index in [0.29, 0.717) is 22.9 Å². The van der Waals surface area contributed by atoms with E-state index in [4.69, 9.17) is 0 Å². The number of aryl methyl sites for hydroxylation is 1.